The second kappa shape index (κ2) is 6.67. The van der Waals surface area contributed by atoms with Crippen LogP contribution in [0.15, 0.2) is 35.0 Å². The van der Waals surface area contributed by atoms with Gasteiger partial charge in [0, 0.05) is 12.0 Å². The molecule has 2 heterocycles. The van der Waals surface area contributed by atoms with E-state index in [1.807, 2.05) is 19.1 Å². The molecular formula is C19H19N5O2. The van der Waals surface area contributed by atoms with Gasteiger partial charge in [-0.3, -0.25) is 4.79 Å². The van der Waals surface area contributed by atoms with E-state index in [2.05, 4.69) is 31.7 Å². The van der Waals surface area contributed by atoms with Crippen molar-refractivity contribution in [3.8, 4) is 11.4 Å². The number of hydrogen-bond donors (Lipinski definition) is 1. The number of carbonyl (C=O) groups is 1. The van der Waals surface area contributed by atoms with Crippen molar-refractivity contribution in [1.29, 1.82) is 0 Å². The van der Waals surface area contributed by atoms with Gasteiger partial charge in [0.15, 0.2) is 0 Å². The van der Waals surface area contributed by atoms with Crippen LogP contribution in [0, 0.1) is 6.92 Å². The second-order valence-corrected chi connectivity index (χ2v) is 6.37. The van der Waals surface area contributed by atoms with Gasteiger partial charge in [0.05, 0.1) is 23.5 Å². The van der Waals surface area contributed by atoms with Crippen molar-refractivity contribution < 1.29 is 9.32 Å². The molecule has 0 unspecified atom stereocenters. The number of nitrogens with one attached hydrogen (secondary N) is 1. The predicted octanol–water partition coefficient (Wildman–Crippen LogP) is 2.81. The quantitative estimate of drug-likeness (QED) is 0.778. The lowest BCUT2D eigenvalue weighted by atomic mass is 10.0. The molecule has 1 amide bonds. The van der Waals surface area contributed by atoms with Crippen LogP contribution in [-0.4, -0.2) is 26.2 Å². The van der Waals surface area contributed by atoms with Gasteiger partial charge in [-0.1, -0.05) is 24.2 Å². The SMILES string of the molecule is CCc1nc(-c2ccc3c(c2)CC[C@H]3NC(=O)c2ccnnc2C)no1. The third kappa shape index (κ3) is 2.96. The third-order valence-electron chi connectivity index (χ3n) is 4.70. The number of benzene rings is 1. The largest absolute Gasteiger partial charge is 0.345 e. The van der Waals surface area contributed by atoms with Crippen LogP contribution in [0.1, 0.15) is 52.5 Å². The van der Waals surface area contributed by atoms with Crippen molar-refractivity contribution in [2.45, 2.75) is 39.2 Å². The molecular weight excluding hydrogens is 330 g/mol. The van der Waals surface area contributed by atoms with Crippen LogP contribution in [0.4, 0.5) is 0 Å². The first-order chi connectivity index (χ1) is 12.7. The van der Waals surface area contributed by atoms with Gasteiger partial charge in [-0.2, -0.15) is 15.2 Å². The Morgan fingerprint density at radius 1 is 1.35 bits per heavy atom. The third-order valence-corrected chi connectivity index (χ3v) is 4.70. The van der Waals surface area contributed by atoms with Gasteiger partial charge in [0.25, 0.3) is 5.91 Å². The van der Waals surface area contributed by atoms with E-state index < -0.39 is 0 Å². The average Bonchev–Trinajstić information content (AvgIpc) is 3.29. The summed E-state index contributed by atoms with van der Waals surface area (Å²) < 4.78 is 5.19. The van der Waals surface area contributed by atoms with E-state index in [-0.39, 0.29) is 11.9 Å². The summed E-state index contributed by atoms with van der Waals surface area (Å²) in [6.45, 7) is 3.76. The number of aromatic nitrogens is 4. The molecule has 2 aromatic heterocycles. The zero-order valence-electron chi connectivity index (χ0n) is 14.7. The number of fused-ring (bicyclic) bond motifs is 1. The highest BCUT2D eigenvalue weighted by molar-refractivity contribution is 5.95. The molecule has 0 radical (unpaired) electrons. The Kier molecular flexibility index (Phi) is 4.20. The molecule has 7 nitrogen and oxygen atoms in total. The lowest BCUT2D eigenvalue weighted by Gasteiger charge is -2.15. The Morgan fingerprint density at radius 2 is 2.23 bits per heavy atom. The molecule has 132 valence electrons. The molecule has 0 saturated heterocycles. The van der Waals surface area contributed by atoms with Crippen molar-refractivity contribution >= 4 is 5.91 Å². The molecule has 0 saturated carbocycles. The zero-order chi connectivity index (χ0) is 18.1. The number of amides is 1. The first-order valence-electron chi connectivity index (χ1n) is 8.70. The highest BCUT2D eigenvalue weighted by atomic mass is 16.5. The molecule has 0 bridgehead atoms. The summed E-state index contributed by atoms with van der Waals surface area (Å²) in [4.78, 5) is 16.9. The highest BCUT2D eigenvalue weighted by Gasteiger charge is 2.25. The van der Waals surface area contributed by atoms with E-state index in [0.29, 0.717) is 23.0 Å². The smallest absolute Gasteiger partial charge is 0.253 e. The van der Waals surface area contributed by atoms with E-state index >= 15 is 0 Å². The van der Waals surface area contributed by atoms with Crippen LogP contribution in [0.3, 0.4) is 0 Å². The van der Waals surface area contributed by atoms with Crippen LogP contribution in [0.5, 0.6) is 0 Å². The van der Waals surface area contributed by atoms with E-state index in [9.17, 15) is 4.79 Å². The Bertz CT molecular complexity index is 966. The minimum absolute atomic E-state index is 0.00409. The summed E-state index contributed by atoms with van der Waals surface area (Å²) in [7, 11) is 0. The van der Waals surface area contributed by atoms with Gasteiger partial charge in [-0.15, -0.1) is 0 Å². The van der Waals surface area contributed by atoms with E-state index in [0.717, 1.165) is 30.4 Å². The molecule has 26 heavy (non-hydrogen) atoms. The molecule has 3 aromatic rings. The normalized spacial score (nSPS) is 15.7. The molecule has 7 heteroatoms. The molecule has 1 N–H and O–H groups in total. The van der Waals surface area contributed by atoms with Crippen molar-refractivity contribution in [2.24, 2.45) is 0 Å². The Morgan fingerprint density at radius 3 is 3.00 bits per heavy atom. The van der Waals surface area contributed by atoms with Gasteiger partial charge in [0.2, 0.25) is 11.7 Å². The van der Waals surface area contributed by atoms with Crippen molar-refractivity contribution in [3.63, 3.8) is 0 Å². The summed E-state index contributed by atoms with van der Waals surface area (Å²) in [5.74, 6) is 1.12. The number of hydrogen-bond acceptors (Lipinski definition) is 6. The molecule has 1 aliphatic rings. The topological polar surface area (TPSA) is 93.8 Å². The molecule has 1 atom stereocenters. The lowest BCUT2D eigenvalue weighted by molar-refractivity contribution is 0.0935. The summed E-state index contributed by atoms with van der Waals surface area (Å²) in [5.41, 5.74) is 4.47. The van der Waals surface area contributed by atoms with E-state index in [1.54, 1.807) is 13.0 Å². The number of carbonyl (C=O) groups excluding carboxylic acids is 1. The van der Waals surface area contributed by atoms with Crippen LogP contribution in [-0.2, 0) is 12.8 Å². The molecule has 0 aliphatic heterocycles. The Labute approximate surface area is 150 Å². The number of rotatable bonds is 4. The standard InChI is InChI=1S/C19H19N5O2/c1-3-17-22-18(24-26-17)13-4-6-15-12(10-13)5-7-16(15)21-19(25)14-8-9-20-23-11(14)2/h4,6,8-10,16H,3,5,7H2,1-2H3,(H,21,25)/t16-/m1/s1. The maximum absolute atomic E-state index is 12.5. The second-order valence-electron chi connectivity index (χ2n) is 6.37. The summed E-state index contributed by atoms with van der Waals surface area (Å²) in [6, 6.07) is 7.80. The zero-order valence-corrected chi connectivity index (χ0v) is 14.7. The highest BCUT2D eigenvalue weighted by Crippen LogP contribution is 2.34. The maximum atomic E-state index is 12.5. The van der Waals surface area contributed by atoms with Gasteiger partial charge in [-0.05, 0) is 43.0 Å². The van der Waals surface area contributed by atoms with E-state index in [1.165, 1.54) is 11.8 Å². The summed E-state index contributed by atoms with van der Waals surface area (Å²) in [6.07, 6.45) is 4.02. The molecule has 1 aliphatic carbocycles. The first-order valence-corrected chi connectivity index (χ1v) is 8.70. The van der Waals surface area contributed by atoms with E-state index in [4.69, 9.17) is 4.52 Å². The Hall–Kier alpha value is -3.09. The van der Waals surface area contributed by atoms with Gasteiger partial charge in [-0.25, -0.2) is 0 Å². The van der Waals surface area contributed by atoms with Crippen LogP contribution >= 0.6 is 0 Å². The maximum Gasteiger partial charge on any atom is 0.253 e. The summed E-state index contributed by atoms with van der Waals surface area (Å²) >= 11 is 0. The number of aryl methyl sites for hydroxylation is 3. The van der Waals surface area contributed by atoms with Crippen molar-refractivity contribution in [1.82, 2.24) is 25.7 Å². The number of nitrogens with zero attached hydrogens (tertiary/aromatic N) is 4. The van der Waals surface area contributed by atoms with Crippen LogP contribution in [0.2, 0.25) is 0 Å². The predicted molar refractivity (Wildman–Crippen MR) is 94.4 cm³/mol. The fraction of sp³-hybridized carbons (Fsp3) is 0.316. The average molecular weight is 349 g/mol. The van der Waals surface area contributed by atoms with Crippen LogP contribution in [0.25, 0.3) is 11.4 Å². The van der Waals surface area contributed by atoms with Crippen molar-refractivity contribution in [3.05, 3.63) is 58.7 Å². The minimum atomic E-state index is -0.120. The van der Waals surface area contributed by atoms with Gasteiger partial charge >= 0.3 is 0 Å². The molecule has 1 aromatic carbocycles. The van der Waals surface area contributed by atoms with Crippen molar-refractivity contribution in [2.75, 3.05) is 0 Å². The summed E-state index contributed by atoms with van der Waals surface area (Å²) in [5, 5.41) is 14.9. The molecule has 4 rings (SSSR count). The molecule has 0 fully saturated rings. The minimum Gasteiger partial charge on any atom is -0.345 e. The Balaban J connectivity index is 1.55. The fourth-order valence-corrected chi connectivity index (χ4v) is 3.30. The van der Waals surface area contributed by atoms with Crippen LogP contribution < -0.4 is 5.32 Å². The monoisotopic (exact) mass is 349 g/mol. The lowest BCUT2D eigenvalue weighted by Crippen LogP contribution is -2.28. The fourth-order valence-electron chi connectivity index (χ4n) is 3.30. The molecule has 0 spiro atoms. The first kappa shape index (κ1) is 16.4. The van der Waals surface area contributed by atoms with Gasteiger partial charge < -0.3 is 9.84 Å². The van der Waals surface area contributed by atoms with Gasteiger partial charge in [0.1, 0.15) is 0 Å².